The minimum Gasteiger partial charge on any atom is -0.497 e. The molecular formula is C39H52N6O9S. The van der Waals surface area contributed by atoms with E-state index in [2.05, 4.69) is 21.9 Å². The van der Waals surface area contributed by atoms with E-state index in [-0.39, 0.29) is 31.4 Å². The van der Waals surface area contributed by atoms with Crippen LogP contribution in [0.5, 0.6) is 11.6 Å². The van der Waals surface area contributed by atoms with E-state index in [0.29, 0.717) is 54.0 Å². The summed E-state index contributed by atoms with van der Waals surface area (Å²) in [6.07, 6.45) is 6.50. The topological polar surface area (TPSA) is 195 Å². The van der Waals surface area contributed by atoms with E-state index in [1.165, 1.54) is 11.0 Å². The van der Waals surface area contributed by atoms with Crippen LogP contribution in [0.4, 0.5) is 4.79 Å². The minimum atomic E-state index is -3.92. The van der Waals surface area contributed by atoms with E-state index in [1.807, 2.05) is 32.9 Å². The van der Waals surface area contributed by atoms with Gasteiger partial charge in [0.1, 0.15) is 41.3 Å². The fraction of sp³-hybridized carbons (Fsp3) is 0.641. The van der Waals surface area contributed by atoms with Crippen molar-refractivity contribution in [1.29, 1.82) is 0 Å². The zero-order valence-electron chi connectivity index (χ0n) is 32.0. The van der Waals surface area contributed by atoms with Gasteiger partial charge in [-0.3, -0.25) is 19.1 Å². The van der Waals surface area contributed by atoms with E-state index in [4.69, 9.17) is 24.2 Å². The first-order valence-corrected chi connectivity index (χ1v) is 21.0. The fourth-order valence-corrected chi connectivity index (χ4v) is 9.38. The minimum absolute atomic E-state index is 0.0245. The van der Waals surface area contributed by atoms with Gasteiger partial charge in [-0.05, 0) is 74.8 Å². The summed E-state index contributed by atoms with van der Waals surface area (Å²) in [6, 6.07) is 3.20. The van der Waals surface area contributed by atoms with Crippen LogP contribution in [-0.2, 0) is 35.6 Å². The zero-order chi connectivity index (χ0) is 39.3. The highest BCUT2D eigenvalue weighted by atomic mass is 32.2. The third-order valence-electron chi connectivity index (χ3n) is 11.7. The average molecular weight is 781 g/mol. The molecule has 1 saturated heterocycles. The van der Waals surface area contributed by atoms with Crippen molar-refractivity contribution in [3.8, 4) is 11.6 Å². The van der Waals surface area contributed by atoms with Crippen molar-refractivity contribution in [2.75, 3.05) is 13.7 Å². The highest BCUT2D eigenvalue weighted by Crippen LogP contribution is 2.42. The molecule has 298 valence electrons. The summed E-state index contributed by atoms with van der Waals surface area (Å²) in [6.45, 7) is 9.25. The van der Waals surface area contributed by atoms with Crippen LogP contribution in [0.15, 0.2) is 30.9 Å². The number of ether oxygens (including phenoxy) is 3. The Morgan fingerprint density at radius 3 is 2.51 bits per heavy atom. The SMILES string of the molecule is C=C[C@@H]1CC[C@]1(NC(=O)C1C[C@@H]2CN1C(=O)[C@H](C(C)(C)C)NC(=O)O[C@@H]1C[C@H]1CCCCCc1nc3ccc(OC)cc3nc1O2)C(=O)NS(=O)(=O)C1CC1. The van der Waals surface area contributed by atoms with Gasteiger partial charge in [0.05, 0.1) is 29.9 Å². The standard InChI is InChI=1S/C39H52N6O9S/c1-6-23-16-17-39(23,36(48)44-55(50,51)26-13-14-26)43-33(46)30-20-25-21-45(30)35(47)32(38(2,3)4)42-37(49)54-31-18-22(31)10-8-7-9-11-28-34(53-25)41-29-19-24(52-5)12-15-27(29)40-28/h6,12,15,19,22-23,25-26,30-32H,1,7-11,13-14,16-18,20-21H2,2-5H3,(H,42,49)(H,43,46)(H,44,48)/t22-,23-,25-,30?,31-,32-,39-/m1/s1. The molecule has 7 atom stereocenters. The molecule has 3 aliphatic carbocycles. The van der Waals surface area contributed by atoms with Crippen LogP contribution in [0.25, 0.3) is 11.0 Å². The molecule has 15 nitrogen and oxygen atoms in total. The Labute approximate surface area is 321 Å². The number of rotatable bonds is 7. The number of nitrogens with one attached hydrogen (secondary N) is 3. The van der Waals surface area contributed by atoms with Gasteiger partial charge in [-0.1, -0.05) is 39.7 Å². The molecule has 1 aromatic heterocycles. The van der Waals surface area contributed by atoms with Crippen LogP contribution in [0.2, 0.25) is 0 Å². The second-order valence-corrected chi connectivity index (χ2v) is 18.8. The monoisotopic (exact) mass is 780 g/mol. The number of methoxy groups -OCH3 is 1. The molecule has 55 heavy (non-hydrogen) atoms. The van der Waals surface area contributed by atoms with E-state index in [9.17, 15) is 27.6 Å². The Kier molecular flexibility index (Phi) is 10.5. The van der Waals surface area contributed by atoms with E-state index >= 15 is 0 Å². The molecular weight excluding hydrogens is 729 g/mol. The molecule has 4 fully saturated rings. The van der Waals surface area contributed by atoms with Gasteiger partial charge in [-0.2, -0.15) is 0 Å². The van der Waals surface area contributed by atoms with Crippen LogP contribution in [0.3, 0.4) is 0 Å². The van der Waals surface area contributed by atoms with Gasteiger partial charge < -0.3 is 29.7 Å². The molecule has 2 aromatic rings. The van der Waals surface area contributed by atoms with Gasteiger partial charge in [0, 0.05) is 18.4 Å². The molecule has 3 heterocycles. The second kappa shape index (κ2) is 14.9. The molecule has 5 aliphatic rings. The Morgan fingerprint density at radius 1 is 1.05 bits per heavy atom. The maximum absolute atomic E-state index is 14.7. The number of benzene rings is 1. The van der Waals surface area contributed by atoms with Crippen LogP contribution in [-0.4, -0.2) is 95.8 Å². The van der Waals surface area contributed by atoms with Crippen molar-refractivity contribution in [1.82, 2.24) is 30.2 Å². The third-order valence-corrected chi connectivity index (χ3v) is 13.5. The Hall–Kier alpha value is -4.47. The lowest BCUT2D eigenvalue weighted by molar-refractivity contribution is -0.145. The summed E-state index contributed by atoms with van der Waals surface area (Å²) in [5.41, 5.74) is -0.478. The molecule has 0 spiro atoms. The number of carbonyl (C=O) groups is 4. The molecule has 3 N–H and O–H groups in total. The molecule has 16 heteroatoms. The first-order valence-electron chi connectivity index (χ1n) is 19.4. The van der Waals surface area contributed by atoms with Crippen molar-refractivity contribution in [2.45, 2.75) is 126 Å². The Balaban J connectivity index is 1.23. The Morgan fingerprint density at radius 2 is 1.84 bits per heavy atom. The average Bonchev–Trinajstić information content (AvgIpc) is 4.05. The van der Waals surface area contributed by atoms with Crippen LogP contribution < -0.4 is 24.8 Å². The molecule has 2 bridgehead atoms. The molecule has 2 aliphatic heterocycles. The molecule has 3 saturated carbocycles. The quantitative estimate of drug-likeness (QED) is 0.347. The van der Waals surface area contributed by atoms with Crippen LogP contribution in [0.1, 0.15) is 90.7 Å². The number of hydrogen-bond donors (Lipinski definition) is 3. The van der Waals surface area contributed by atoms with Crippen LogP contribution in [0, 0.1) is 17.3 Å². The maximum atomic E-state index is 14.7. The van der Waals surface area contributed by atoms with Gasteiger partial charge in [0.15, 0.2) is 0 Å². The first kappa shape index (κ1) is 38.8. The van der Waals surface area contributed by atoms with Crippen molar-refractivity contribution in [3.63, 3.8) is 0 Å². The van der Waals surface area contributed by atoms with Gasteiger partial charge in [0.25, 0.3) is 5.91 Å². The first-order chi connectivity index (χ1) is 26.1. The number of nitrogens with zero attached hydrogens (tertiary/aromatic N) is 3. The van der Waals surface area contributed by atoms with Gasteiger partial charge in [-0.25, -0.2) is 23.2 Å². The molecule has 0 radical (unpaired) electrons. The lowest BCUT2D eigenvalue weighted by Crippen LogP contribution is -2.70. The highest BCUT2D eigenvalue weighted by molar-refractivity contribution is 7.91. The lowest BCUT2D eigenvalue weighted by Gasteiger charge is -2.47. The van der Waals surface area contributed by atoms with Gasteiger partial charge >= 0.3 is 6.09 Å². The van der Waals surface area contributed by atoms with Crippen molar-refractivity contribution in [2.24, 2.45) is 17.3 Å². The molecule has 4 amide bonds. The summed E-state index contributed by atoms with van der Waals surface area (Å²) in [4.78, 5) is 67.3. The van der Waals surface area contributed by atoms with Crippen molar-refractivity contribution in [3.05, 3.63) is 36.5 Å². The number of fused-ring (bicyclic) bond motifs is 5. The third kappa shape index (κ3) is 8.10. The van der Waals surface area contributed by atoms with E-state index in [1.54, 1.807) is 13.2 Å². The Bertz CT molecular complexity index is 1980. The number of sulfonamides is 1. The van der Waals surface area contributed by atoms with Crippen molar-refractivity contribution < 1.29 is 41.8 Å². The number of aryl methyl sites for hydroxylation is 1. The lowest BCUT2D eigenvalue weighted by atomic mass is 9.66. The number of alkyl carbamates (subject to hydrolysis) is 1. The summed E-state index contributed by atoms with van der Waals surface area (Å²) in [5, 5.41) is 5.03. The summed E-state index contributed by atoms with van der Waals surface area (Å²) >= 11 is 0. The van der Waals surface area contributed by atoms with E-state index in [0.717, 1.165) is 32.1 Å². The summed E-state index contributed by atoms with van der Waals surface area (Å²) < 4.78 is 45.7. The zero-order valence-corrected chi connectivity index (χ0v) is 32.8. The largest absolute Gasteiger partial charge is 0.497 e. The number of hydrogen-bond acceptors (Lipinski definition) is 11. The number of aromatic nitrogens is 2. The molecule has 1 aromatic carbocycles. The highest BCUT2D eigenvalue weighted by Gasteiger charge is 2.56. The predicted octanol–water partition coefficient (Wildman–Crippen LogP) is 3.69. The maximum Gasteiger partial charge on any atom is 0.408 e. The predicted molar refractivity (Wildman–Crippen MR) is 201 cm³/mol. The van der Waals surface area contributed by atoms with Gasteiger partial charge in [-0.15, -0.1) is 6.58 Å². The molecule has 1 unspecified atom stereocenters. The normalized spacial score (nSPS) is 30.1. The number of carbonyl (C=O) groups excluding carboxylic acids is 4. The van der Waals surface area contributed by atoms with E-state index < -0.39 is 74.1 Å². The number of amides is 4. The summed E-state index contributed by atoms with van der Waals surface area (Å²) in [5.74, 6) is -1.39. The van der Waals surface area contributed by atoms with Crippen LogP contribution >= 0.6 is 0 Å². The summed E-state index contributed by atoms with van der Waals surface area (Å²) in [7, 11) is -2.35. The fourth-order valence-electron chi connectivity index (χ4n) is 8.02. The second-order valence-electron chi connectivity index (χ2n) is 16.8. The molecule has 7 rings (SSSR count). The van der Waals surface area contributed by atoms with Crippen molar-refractivity contribution >= 4 is 44.9 Å². The smallest absolute Gasteiger partial charge is 0.408 e. The van der Waals surface area contributed by atoms with Gasteiger partial charge in [0.2, 0.25) is 27.7 Å².